The highest BCUT2D eigenvalue weighted by molar-refractivity contribution is 8.21. The lowest BCUT2D eigenvalue weighted by atomic mass is 11.9. The molecule has 0 bridgehead atoms. The third-order valence-corrected chi connectivity index (χ3v) is 0. The summed E-state index contributed by atoms with van der Waals surface area (Å²) in [6.45, 7) is 0. The highest BCUT2D eigenvalue weighted by Gasteiger charge is 1.16. The lowest BCUT2D eigenvalue weighted by Crippen LogP contribution is -1.68. The summed E-state index contributed by atoms with van der Waals surface area (Å²) >= 11 is 12.5. The van der Waals surface area contributed by atoms with Gasteiger partial charge in [-0.05, 0) is 0 Å². The van der Waals surface area contributed by atoms with Gasteiger partial charge in [0.05, 0.1) is 0 Å². The van der Waals surface area contributed by atoms with Crippen LogP contribution >= 0.6 is 12.2 Å². The zero-order chi connectivity index (χ0) is 3.58. The first-order valence-electron chi connectivity index (χ1n) is 0.612. The Kier molecular flexibility index (Phi) is 2.05. The van der Waals surface area contributed by atoms with Crippen molar-refractivity contribution in [3.05, 3.63) is 0 Å². The molecule has 24 valence electrons. The van der Waals surface area contributed by atoms with E-state index in [-0.39, 0.29) is 6.38 Å². The van der Waals surface area contributed by atoms with Crippen LogP contribution in [0, 0.1) is 0 Å². The van der Waals surface area contributed by atoms with Gasteiger partial charge in [0.15, 0.2) is 0 Å². The van der Waals surface area contributed by atoms with Crippen LogP contribution in [0.25, 0.3) is 0 Å². The van der Waals surface area contributed by atoms with Crippen LogP contribution < -0.4 is 0 Å². The molecule has 0 rings (SSSR count). The van der Waals surface area contributed by atoms with Crippen molar-refractivity contribution >= 4 is 41.0 Å². The van der Waals surface area contributed by atoms with E-state index in [0.717, 1.165) is 0 Å². The van der Waals surface area contributed by atoms with E-state index in [1.165, 1.54) is 0 Å². The van der Waals surface area contributed by atoms with Gasteiger partial charge >= 0.3 is 2.85 Å². The minimum absolute atomic E-state index is 0. The van der Waals surface area contributed by atoms with Crippen molar-refractivity contribution < 1.29 is 2.85 Å². The fourth-order valence-corrected chi connectivity index (χ4v) is 0. The van der Waals surface area contributed by atoms with E-state index >= 15 is 0 Å². The lowest BCUT2D eigenvalue weighted by molar-refractivity contribution is 4.22. The summed E-state index contributed by atoms with van der Waals surface area (Å²) in [7, 11) is 0. The normalized spacial score (nSPS) is 6.00. The van der Waals surface area contributed by atoms with Gasteiger partial charge in [0.2, 0.25) is 0 Å². The van der Waals surface area contributed by atoms with Crippen LogP contribution in [0.4, 0.5) is 0 Å². The van der Waals surface area contributed by atoms with Crippen molar-refractivity contribution in [1.82, 2.24) is 0 Å². The second-order valence-electron chi connectivity index (χ2n) is 0.250. The Bertz CT molecular complexity index is 31.8. The van der Waals surface area contributed by atoms with Crippen molar-refractivity contribution in [2.75, 3.05) is 0 Å². The smallest absolute Gasteiger partial charge is 0.570 e. The molecule has 0 fully saturated rings. The van der Waals surface area contributed by atoms with Crippen molar-refractivity contribution in [3.8, 4) is 0 Å². The van der Waals surface area contributed by atoms with Gasteiger partial charge in [0.25, 0.3) is 0 Å². The van der Waals surface area contributed by atoms with E-state index in [4.69, 9.17) is 0 Å². The molecule has 0 aromatic heterocycles. The van der Waals surface area contributed by atoms with Crippen LogP contribution in [0.5, 0.6) is 0 Å². The molecule has 0 atom stereocenters. The first kappa shape index (κ1) is 4.53. The van der Waals surface area contributed by atoms with Gasteiger partial charge < -0.3 is 37.5 Å². The van der Waals surface area contributed by atoms with Gasteiger partial charge in [0.1, 0.15) is 0 Å². The van der Waals surface area contributed by atoms with Crippen LogP contribution in [-0.4, -0.2) is 3.53 Å². The molecule has 0 aliphatic rings. The van der Waals surface area contributed by atoms with Crippen molar-refractivity contribution in [2.24, 2.45) is 0 Å². The van der Waals surface area contributed by atoms with Gasteiger partial charge in [-0.3, -0.25) is 3.53 Å². The number of hydrogen-bond acceptors (Lipinski definition) is 3. The van der Waals surface area contributed by atoms with Crippen LogP contribution in [-0.2, 0) is 25.3 Å². The molecule has 0 unspecified atom stereocenters. The molecule has 0 aromatic carbocycles. The lowest BCUT2D eigenvalue weighted by Gasteiger charge is -2.02. The molecular formula is CH2S3. The number of rotatable bonds is 0. The molecule has 0 saturated carbocycles. The minimum Gasteiger partial charge on any atom is -0.570 e. The van der Waals surface area contributed by atoms with Gasteiger partial charge in [0, 0.05) is 0 Å². The Hall–Kier alpha value is 0.530. The molecule has 4 heavy (non-hydrogen) atoms. The Labute approximate surface area is 44.4 Å². The highest BCUT2D eigenvalue weighted by Crippen LogP contribution is 1.56. The molecule has 0 aliphatic heterocycles. The predicted molar refractivity (Wildman–Crippen MR) is 29.6 cm³/mol. The Morgan fingerprint density at radius 1 is 1.75 bits per heavy atom. The number of hydrogen-bond donors (Lipinski definition) is 0. The van der Waals surface area contributed by atoms with E-state index in [0.29, 0.717) is 0 Å². The van der Waals surface area contributed by atoms with Crippen molar-refractivity contribution in [3.63, 3.8) is 0 Å². The molecule has 0 nitrogen and oxygen atoms in total. The van der Waals surface area contributed by atoms with Crippen LogP contribution in [0.15, 0.2) is 0 Å². The zero-order valence-electron chi connectivity index (χ0n) is 3.72. The third-order valence-electron chi connectivity index (χ3n) is 0. The summed E-state index contributed by atoms with van der Waals surface area (Å²) < 4.78 is 0.167. The molecule has 0 radical (unpaired) electrons. The van der Waals surface area contributed by atoms with E-state index in [2.05, 4.69) is 37.5 Å². The van der Waals surface area contributed by atoms with Gasteiger partial charge in [-0.25, -0.2) is 0 Å². The highest BCUT2D eigenvalue weighted by atomic mass is 32.2. The quantitative estimate of drug-likeness (QED) is 0.331. The minimum atomic E-state index is 0. The fraction of sp³-hybridized carbons (Fsp3) is 0. The topological polar surface area (TPSA) is 0 Å². The largest absolute Gasteiger partial charge is 1.00 e. The summed E-state index contributed by atoms with van der Waals surface area (Å²) in [6, 6.07) is 0. The average molecular weight is 110 g/mol. The van der Waals surface area contributed by atoms with E-state index in [9.17, 15) is 0 Å². The standard InChI is InChI=1S/CH2S3/c2-1(3)4/h(H2,2,3,4). The fourth-order valence-electron chi connectivity index (χ4n) is 0. The number of thiocarbonyl (C=S) groups is 1. The molecule has 0 aliphatic carbocycles. The monoisotopic (exact) mass is 110 g/mol. The SMILES string of the molecule is S=C([S-])[S-].[H+].[H+]. The van der Waals surface area contributed by atoms with E-state index in [1.54, 1.807) is 0 Å². The van der Waals surface area contributed by atoms with E-state index < -0.39 is 0 Å². The first-order chi connectivity index (χ1) is 1.73. The van der Waals surface area contributed by atoms with Crippen LogP contribution in [0.3, 0.4) is 0 Å². The van der Waals surface area contributed by atoms with E-state index in [1.807, 2.05) is 0 Å². The first-order valence-corrected chi connectivity index (χ1v) is 1.84. The predicted octanol–water partition coefficient (Wildman–Crippen LogP) is 0.590. The molecular weight excluding hydrogens is 108 g/mol. The molecule has 3 heteroatoms. The molecule has 0 heterocycles. The van der Waals surface area contributed by atoms with Crippen molar-refractivity contribution in [2.45, 2.75) is 0 Å². The maximum absolute atomic E-state index is 4.17. The van der Waals surface area contributed by atoms with Gasteiger partial charge in [-0.15, -0.1) is 0 Å². The third kappa shape index (κ3) is 21.1. The second-order valence-corrected chi connectivity index (χ2v) is 2.25. The molecule has 0 N–H and O–H groups in total. The average Bonchev–Trinajstić information content (AvgIpc) is 0.811. The summed E-state index contributed by atoms with van der Waals surface area (Å²) in [5.41, 5.74) is 0. The maximum Gasteiger partial charge on any atom is 1.00 e. The maximum atomic E-state index is 4.17. The van der Waals surface area contributed by atoms with Crippen LogP contribution in [0.2, 0.25) is 0 Å². The summed E-state index contributed by atoms with van der Waals surface area (Å²) in [6.07, 6.45) is 0. The molecule has 0 aromatic rings. The summed E-state index contributed by atoms with van der Waals surface area (Å²) in [5, 5.41) is 0. The second kappa shape index (κ2) is 1.81. The Balaban J connectivity index is -0.0000000450. The summed E-state index contributed by atoms with van der Waals surface area (Å²) in [4.78, 5) is 0. The zero-order valence-corrected chi connectivity index (χ0v) is 4.17. The van der Waals surface area contributed by atoms with Crippen molar-refractivity contribution in [1.29, 1.82) is 0 Å². The Morgan fingerprint density at radius 3 is 1.75 bits per heavy atom. The molecule has 0 spiro atoms. The van der Waals surface area contributed by atoms with Gasteiger partial charge in [-0.1, -0.05) is 0 Å². The molecule has 0 amide bonds. The van der Waals surface area contributed by atoms with Gasteiger partial charge in [-0.2, -0.15) is 0 Å². The molecule has 0 saturated heterocycles. The van der Waals surface area contributed by atoms with Crippen LogP contribution in [0.1, 0.15) is 2.85 Å². The summed E-state index contributed by atoms with van der Waals surface area (Å²) in [5.74, 6) is 0. The Morgan fingerprint density at radius 2 is 1.75 bits per heavy atom.